The highest BCUT2D eigenvalue weighted by atomic mass is 16.2. The van der Waals surface area contributed by atoms with Crippen molar-refractivity contribution in [1.29, 1.82) is 0 Å². The molecule has 4 aromatic heterocycles. The zero-order chi connectivity index (χ0) is 19.1. The summed E-state index contributed by atoms with van der Waals surface area (Å²) in [6, 6.07) is 7.37. The van der Waals surface area contributed by atoms with Gasteiger partial charge in [-0.1, -0.05) is 13.0 Å². The van der Waals surface area contributed by atoms with Crippen molar-refractivity contribution in [3.8, 4) is 0 Å². The third-order valence-electron chi connectivity index (χ3n) is 5.56. The number of H-pyrrole nitrogens is 1. The highest BCUT2D eigenvalue weighted by Gasteiger charge is 2.33. The fourth-order valence-corrected chi connectivity index (χ4v) is 3.98. The highest BCUT2D eigenvalue weighted by molar-refractivity contribution is 5.88. The van der Waals surface area contributed by atoms with Crippen LogP contribution in [0.1, 0.15) is 25.1 Å². The molecule has 5 rings (SSSR count). The maximum atomic E-state index is 12.8. The maximum Gasteiger partial charge on any atom is 0.323 e. The van der Waals surface area contributed by atoms with Crippen molar-refractivity contribution >= 4 is 28.5 Å². The Morgan fingerprint density at radius 2 is 2.11 bits per heavy atom. The minimum absolute atomic E-state index is 0.120. The second-order valence-electron chi connectivity index (χ2n) is 7.31. The first-order valence-corrected chi connectivity index (χ1v) is 9.47. The van der Waals surface area contributed by atoms with E-state index >= 15 is 0 Å². The SMILES string of the molecule is C[C@@H]1CCN(C(=O)Nc2ccccn2)C[C@@H]1c1ncc2cnc3[nH]ccc3n12. The minimum atomic E-state index is -0.120. The summed E-state index contributed by atoms with van der Waals surface area (Å²) in [6.07, 6.45) is 8.17. The van der Waals surface area contributed by atoms with Gasteiger partial charge in [0.25, 0.3) is 0 Å². The van der Waals surface area contributed by atoms with Crippen molar-refractivity contribution in [2.24, 2.45) is 5.92 Å². The van der Waals surface area contributed by atoms with Gasteiger partial charge in [0.15, 0.2) is 5.65 Å². The summed E-state index contributed by atoms with van der Waals surface area (Å²) < 4.78 is 2.15. The summed E-state index contributed by atoms with van der Waals surface area (Å²) >= 11 is 0. The second-order valence-corrected chi connectivity index (χ2v) is 7.31. The van der Waals surface area contributed by atoms with Crippen LogP contribution in [0.15, 0.2) is 49.1 Å². The van der Waals surface area contributed by atoms with Gasteiger partial charge in [0, 0.05) is 31.4 Å². The van der Waals surface area contributed by atoms with Crippen molar-refractivity contribution in [3.63, 3.8) is 0 Å². The van der Waals surface area contributed by atoms with E-state index in [1.54, 1.807) is 12.3 Å². The number of aromatic nitrogens is 5. The molecule has 1 aliphatic rings. The van der Waals surface area contributed by atoms with E-state index in [0.717, 1.165) is 35.5 Å². The van der Waals surface area contributed by atoms with Gasteiger partial charge in [-0.05, 0) is 30.5 Å². The Hall–Kier alpha value is -3.42. The molecule has 8 heteroatoms. The molecule has 8 nitrogen and oxygen atoms in total. The number of imidazole rings is 1. The Labute approximate surface area is 161 Å². The number of fused-ring (bicyclic) bond motifs is 3. The van der Waals surface area contributed by atoms with Gasteiger partial charge in [0.2, 0.25) is 0 Å². The molecule has 0 radical (unpaired) electrons. The summed E-state index contributed by atoms with van der Waals surface area (Å²) in [4.78, 5) is 31.1. The van der Waals surface area contributed by atoms with E-state index in [1.807, 2.05) is 41.7 Å². The van der Waals surface area contributed by atoms with Gasteiger partial charge >= 0.3 is 6.03 Å². The number of carbonyl (C=O) groups is 1. The number of nitrogens with zero attached hydrogens (tertiary/aromatic N) is 5. The number of anilines is 1. The van der Waals surface area contributed by atoms with Crippen molar-refractivity contribution in [2.75, 3.05) is 18.4 Å². The molecule has 0 bridgehead atoms. The van der Waals surface area contributed by atoms with Crippen molar-refractivity contribution in [2.45, 2.75) is 19.3 Å². The van der Waals surface area contributed by atoms with Gasteiger partial charge in [0.05, 0.1) is 23.4 Å². The van der Waals surface area contributed by atoms with Gasteiger partial charge in [0.1, 0.15) is 11.6 Å². The number of carbonyl (C=O) groups excluding carboxylic acids is 1. The molecule has 0 aromatic carbocycles. The molecule has 142 valence electrons. The monoisotopic (exact) mass is 375 g/mol. The van der Waals surface area contributed by atoms with E-state index < -0.39 is 0 Å². The molecule has 1 aliphatic heterocycles. The van der Waals surface area contributed by atoms with Crippen LogP contribution >= 0.6 is 0 Å². The van der Waals surface area contributed by atoms with Crippen LogP contribution in [0.5, 0.6) is 0 Å². The van der Waals surface area contributed by atoms with Crippen LogP contribution in [-0.4, -0.2) is 48.4 Å². The number of hydrogen-bond donors (Lipinski definition) is 2. The Kier molecular flexibility index (Phi) is 3.96. The average Bonchev–Trinajstić information content (AvgIpc) is 3.35. The number of urea groups is 1. The molecular weight excluding hydrogens is 354 g/mol. The number of nitrogens with one attached hydrogen (secondary N) is 2. The van der Waals surface area contributed by atoms with E-state index in [4.69, 9.17) is 4.98 Å². The quantitative estimate of drug-likeness (QED) is 0.563. The van der Waals surface area contributed by atoms with E-state index in [-0.39, 0.29) is 11.9 Å². The smallest absolute Gasteiger partial charge is 0.323 e. The van der Waals surface area contributed by atoms with Crippen molar-refractivity contribution in [3.05, 3.63) is 54.9 Å². The Balaban J connectivity index is 1.45. The number of hydrogen-bond acceptors (Lipinski definition) is 4. The van der Waals surface area contributed by atoms with E-state index in [1.165, 1.54) is 0 Å². The van der Waals surface area contributed by atoms with Crippen LogP contribution in [0.3, 0.4) is 0 Å². The van der Waals surface area contributed by atoms with Crippen molar-refractivity contribution < 1.29 is 4.79 Å². The zero-order valence-electron chi connectivity index (χ0n) is 15.5. The van der Waals surface area contributed by atoms with Crippen LogP contribution in [0.4, 0.5) is 10.6 Å². The predicted molar refractivity (Wildman–Crippen MR) is 106 cm³/mol. The average molecular weight is 375 g/mol. The Morgan fingerprint density at radius 1 is 1.21 bits per heavy atom. The molecule has 4 aromatic rings. The molecule has 2 atom stereocenters. The molecule has 0 spiro atoms. The summed E-state index contributed by atoms with van der Waals surface area (Å²) in [6.45, 7) is 3.57. The first-order chi connectivity index (χ1) is 13.7. The lowest BCUT2D eigenvalue weighted by Crippen LogP contribution is -2.44. The van der Waals surface area contributed by atoms with Crippen LogP contribution in [0, 0.1) is 5.92 Å². The molecule has 0 aliphatic carbocycles. The highest BCUT2D eigenvalue weighted by Crippen LogP contribution is 2.33. The number of likely N-dealkylation sites (tertiary alicyclic amines) is 1. The third-order valence-corrected chi connectivity index (χ3v) is 5.56. The van der Waals surface area contributed by atoms with Gasteiger partial charge in [-0.15, -0.1) is 0 Å². The molecule has 28 heavy (non-hydrogen) atoms. The zero-order valence-corrected chi connectivity index (χ0v) is 15.5. The van der Waals surface area contributed by atoms with Crippen LogP contribution in [0.2, 0.25) is 0 Å². The van der Waals surface area contributed by atoms with Crippen LogP contribution < -0.4 is 5.32 Å². The lowest BCUT2D eigenvalue weighted by Gasteiger charge is -2.36. The summed E-state index contributed by atoms with van der Waals surface area (Å²) in [5, 5.41) is 2.89. The van der Waals surface area contributed by atoms with E-state index in [9.17, 15) is 4.79 Å². The van der Waals surface area contributed by atoms with E-state index in [0.29, 0.717) is 18.3 Å². The van der Waals surface area contributed by atoms with Gasteiger partial charge in [-0.2, -0.15) is 0 Å². The van der Waals surface area contributed by atoms with Crippen molar-refractivity contribution in [1.82, 2.24) is 29.2 Å². The first kappa shape index (κ1) is 16.7. The van der Waals surface area contributed by atoms with Gasteiger partial charge in [-0.3, -0.25) is 9.72 Å². The summed E-state index contributed by atoms with van der Waals surface area (Å²) in [5.74, 6) is 2.11. The van der Waals surface area contributed by atoms with Gasteiger partial charge in [-0.25, -0.2) is 19.7 Å². The fourth-order valence-electron chi connectivity index (χ4n) is 3.98. The number of pyridine rings is 1. The second kappa shape index (κ2) is 6.63. The standard InChI is InChI=1S/C20H21N7O/c1-13-6-9-26(20(28)25-17-4-2-3-7-21-17)12-15(13)19-24-11-14-10-23-18-16(27(14)19)5-8-22-18/h2-5,7-8,10-11,13,15,22H,6,9,12H2,1H3,(H,21,25,28)/t13-,15+/m1/s1. The molecule has 2 amide bonds. The number of piperidine rings is 1. The number of amides is 2. The fraction of sp³-hybridized carbons (Fsp3) is 0.300. The Bertz CT molecular complexity index is 1130. The maximum absolute atomic E-state index is 12.8. The number of rotatable bonds is 2. The molecule has 5 heterocycles. The lowest BCUT2D eigenvalue weighted by atomic mass is 9.86. The predicted octanol–water partition coefficient (Wildman–Crippen LogP) is 3.26. The first-order valence-electron chi connectivity index (χ1n) is 9.47. The van der Waals surface area contributed by atoms with E-state index in [2.05, 4.69) is 31.6 Å². The minimum Gasteiger partial charge on any atom is -0.345 e. The Morgan fingerprint density at radius 3 is 2.96 bits per heavy atom. The normalized spacial score (nSPS) is 20.0. The molecule has 1 saturated heterocycles. The summed E-state index contributed by atoms with van der Waals surface area (Å²) in [7, 11) is 0. The third kappa shape index (κ3) is 2.77. The summed E-state index contributed by atoms with van der Waals surface area (Å²) in [5.41, 5.74) is 2.80. The lowest BCUT2D eigenvalue weighted by molar-refractivity contribution is 0.170. The molecule has 2 N–H and O–H groups in total. The van der Waals surface area contributed by atoms with Crippen LogP contribution in [-0.2, 0) is 0 Å². The molecule has 1 fully saturated rings. The molecule has 0 saturated carbocycles. The van der Waals surface area contributed by atoms with Crippen LogP contribution in [0.25, 0.3) is 16.7 Å². The van der Waals surface area contributed by atoms with Gasteiger partial charge < -0.3 is 9.88 Å². The largest absolute Gasteiger partial charge is 0.345 e. The topological polar surface area (TPSA) is 91.2 Å². The number of aromatic amines is 1. The molecular formula is C20H21N7O. The molecule has 0 unspecified atom stereocenters.